The van der Waals surface area contributed by atoms with E-state index in [0.29, 0.717) is 24.7 Å². The first-order chi connectivity index (χ1) is 12.1. The lowest BCUT2D eigenvalue weighted by atomic mass is 10.1. The number of carbonyl (C=O) groups excluding carboxylic acids is 1. The number of carbonyl (C=O) groups is 2. The predicted octanol–water partition coefficient (Wildman–Crippen LogP) is 3.05. The summed E-state index contributed by atoms with van der Waals surface area (Å²) in [5, 5.41) is 12.0. The molecule has 0 saturated carbocycles. The molecule has 1 aromatic heterocycles. The molecule has 2 aromatic carbocycles. The van der Waals surface area contributed by atoms with Gasteiger partial charge < -0.3 is 20.1 Å². The number of nitrogens with zero attached hydrogens (tertiary/aromatic N) is 1. The number of nitrogens with one attached hydrogen (secondary N) is 2. The fourth-order valence-corrected chi connectivity index (χ4v) is 2.39. The summed E-state index contributed by atoms with van der Waals surface area (Å²) in [5.74, 6) is -0.750. The maximum Gasteiger partial charge on any atom is 0.338 e. The maximum atomic E-state index is 11.8. The Labute approximate surface area is 143 Å². The number of anilines is 1. The number of fused-ring (bicyclic) bond motifs is 1. The highest BCUT2D eigenvalue weighted by Gasteiger charge is 2.10. The zero-order valence-corrected chi connectivity index (χ0v) is 13.6. The van der Waals surface area contributed by atoms with Gasteiger partial charge in [0, 0.05) is 6.54 Å². The average Bonchev–Trinajstić information content (AvgIpc) is 3.02. The van der Waals surface area contributed by atoms with E-state index in [1.54, 1.807) is 49.4 Å². The van der Waals surface area contributed by atoms with Gasteiger partial charge in [0.25, 0.3) is 0 Å². The fourth-order valence-electron chi connectivity index (χ4n) is 2.39. The lowest BCUT2D eigenvalue weighted by Crippen LogP contribution is -2.04. The van der Waals surface area contributed by atoms with E-state index in [9.17, 15) is 9.59 Å². The highest BCUT2D eigenvalue weighted by atomic mass is 16.5. The van der Waals surface area contributed by atoms with Gasteiger partial charge in [0.15, 0.2) is 0 Å². The van der Waals surface area contributed by atoms with Crippen LogP contribution in [0.5, 0.6) is 0 Å². The van der Waals surface area contributed by atoms with E-state index in [-0.39, 0.29) is 11.5 Å². The van der Waals surface area contributed by atoms with E-state index in [4.69, 9.17) is 9.84 Å². The molecule has 128 valence electrons. The molecule has 0 unspecified atom stereocenters. The molecular weight excluding hydrogens is 322 g/mol. The van der Waals surface area contributed by atoms with Crippen molar-refractivity contribution in [3.05, 3.63) is 59.2 Å². The minimum atomic E-state index is -0.950. The Kier molecular flexibility index (Phi) is 4.65. The van der Waals surface area contributed by atoms with Crippen molar-refractivity contribution in [2.75, 3.05) is 11.9 Å². The molecule has 0 saturated heterocycles. The van der Waals surface area contributed by atoms with Gasteiger partial charge in [-0.05, 0) is 42.8 Å². The van der Waals surface area contributed by atoms with Gasteiger partial charge in [-0.25, -0.2) is 14.6 Å². The van der Waals surface area contributed by atoms with E-state index < -0.39 is 5.97 Å². The summed E-state index contributed by atoms with van der Waals surface area (Å²) in [6, 6.07) is 11.7. The van der Waals surface area contributed by atoms with Gasteiger partial charge in [-0.2, -0.15) is 0 Å². The minimum absolute atomic E-state index is 0.249. The summed E-state index contributed by atoms with van der Waals surface area (Å²) in [5.41, 5.74) is 3.11. The number of H-pyrrole nitrogens is 1. The number of hydrogen-bond acceptors (Lipinski definition) is 5. The zero-order valence-electron chi connectivity index (χ0n) is 13.6. The molecule has 0 aliphatic heterocycles. The summed E-state index contributed by atoms with van der Waals surface area (Å²) in [7, 11) is 0. The first-order valence-corrected chi connectivity index (χ1v) is 7.80. The summed E-state index contributed by atoms with van der Waals surface area (Å²) >= 11 is 0. The largest absolute Gasteiger partial charge is 0.478 e. The van der Waals surface area contributed by atoms with Crippen molar-refractivity contribution in [2.45, 2.75) is 13.5 Å². The molecular formula is C18H17N3O4. The van der Waals surface area contributed by atoms with Crippen LogP contribution in [0.4, 0.5) is 5.95 Å². The van der Waals surface area contributed by atoms with Crippen LogP contribution in [0.2, 0.25) is 0 Å². The number of esters is 1. The van der Waals surface area contributed by atoms with Crippen LogP contribution in [0.1, 0.15) is 33.2 Å². The van der Waals surface area contributed by atoms with Gasteiger partial charge in [0.2, 0.25) is 5.95 Å². The number of aromatic amines is 1. The van der Waals surface area contributed by atoms with Crippen LogP contribution in [-0.2, 0) is 11.3 Å². The second-order valence-corrected chi connectivity index (χ2v) is 5.39. The second-order valence-electron chi connectivity index (χ2n) is 5.39. The van der Waals surface area contributed by atoms with Crippen molar-refractivity contribution < 1.29 is 19.4 Å². The third kappa shape index (κ3) is 3.77. The third-order valence-corrected chi connectivity index (χ3v) is 3.65. The van der Waals surface area contributed by atoms with Crippen LogP contribution in [0.15, 0.2) is 42.5 Å². The molecule has 3 aromatic rings. The number of ether oxygens (including phenoxy) is 1. The van der Waals surface area contributed by atoms with Gasteiger partial charge in [-0.15, -0.1) is 0 Å². The standard InChI is InChI=1S/C18H17N3O4/c1-2-25-17(24)13-7-8-14-15(9-13)21-18(20-14)19-10-11-3-5-12(6-4-11)16(22)23/h3-9H,2,10H2,1H3,(H,22,23)(H2,19,20,21). The van der Waals surface area contributed by atoms with E-state index in [2.05, 4.69) is 15.3 Å². The van der Waals surface area contributed by atoms with Gasteiger partial charge >= 0.3 is 11.9 Å². The van der Waals surface area contributed by atoms with Crippen molar-refractivity contribution in [3.63, 3.8) is 0 Å². The maximum absolute atomic E-state index is 11.8. The Bertz CT molecular complexity index is 916. The molecule has 7 nitrogen and oxygen atoms in total. The molecule has 0 spiro atoms. The lowest BCUT2D eigenvalue weighted by Gasteiger charge is -2.03. The van der Waals surface area contributed by atoms with Crippen LogP contribution >= 0.6 is 0 Å². The summed E-state index contributed by atoms with van der Waals surface area (Å²) in [4.78, 5) is 30.1. The molecule has 3 rings (SSSR count). The van der Waals surface area contributed by atoms with Gasteiger partial charge in [0.05, 0.1) is 28.8 Å². The third-order valence-electron chi connectivity index (χ3n) is 3.65. The Morgan fingerprint density at radius 3 is 2.56 bits per heavy atom. The Hall–Kier alpha value is -3.35. The molecule has 0 aliphatic carbocycles. The smallest absolute Gasteiger partial charge is 0.338 e. The predicted molar refractivity (Wildman–Crippen MR) is 92.8 cm³/mol. The molecule has 0 amide bonds. The number of rotatable bonds is 6. The number of carboxylic acids is 1. The second kappa shape index (κ2) is 7.04. The van der Waals surface area contributed by atoms with Crippen molar-refractivity contribution in [1.82, 2.24) is 9.97 Å². The SMILES string of the molecule is CCOC(=O)c1ccc2nc(NCc3ccc(C(=O)O)cc3)[nH]c2c1. The highest BCUT2D eigenvalue weighted by Crippen LogP contribution is 2.17. The number of carboxylic acid groups (broad SMARTS) is 1. The van der Waals surface area contributed by atoms with Gasteiger partial charge in [-0.3, -0.25) is 0 Å². The number of benzene rings is 2. The van der Waals surface area contributed by atoms with Crippen LogP contribution < -0.4 is 5.32 Å². The minimum Gasteiger partial charge on any atom is -0.478 e. The molecule has 0 atom stereocenters. The Morgan fingerprint density at radius 1 is 1.16 bits per heavy atom. The highest BCUT2D eigenvalue weighted by molar-refractivity contribution is 5.94. The molecule has 0 radical (unpaired) electrons. The Balaban J connectivity index is 1.71. The van der Waals surface area contributed by atoms with E-state index in [1.807, 2.05) is 0 Å². The monoisotopic (exact) mass is 339 g/mol. The van der Waals surface area contributed by atoms with Gasteiger partial charge in [0.1, 0.15) is 0 Å². The van der Waals surface area contributed by atoms with Crippen molar-refractivity contribution in [3.8, 4) is 0 Å². The van der Waals surface area contributed by atoms with E-state index in [0.717, 1.165) is 16.6 Å². The molecule has 0 aliphatic rings. The van der Waals surface area contributed by atoms with Crippen LogP contribution in [0, 0.1) is 0 Å². The topological polar surface area (TPSA) is 104 Å². The van der Waals surface area contributed by atoms with Crippen LogP contribution in [0.25, 0.3) is 11.0 Å². The van der Waals surface area contributed by atoms with Crippen LogP contribution in [0.3, 0.4) is 0 Å². The number of aromatic carboxylic acids is 1. The molecule has 7 heteroatoms. The summed E-state index contributed by atoms with van der Waals surface area (Å²) in [6.07, 6.45) is 0. The van der Waals surface area contributed by atoms with Gasteiger partial charge in [-0.1, -0.05) is 12.1 Å². The quantitative estimate of drug-likeness (QED) is 0.596. The average molecular weight is 339 g/mol. The first-order valence-electron chi connectivity index (χ1n) is 7.80. The summed E-state index contributed by atoms with van der Waals surface area (Å²) < 4.78 is 4.98. The normalized spacial score (nSPS) is 10.6. The molecule has 25 heavy (non-hydrogen) atoms. The molecule has 0 bridgehead atoms. The van der Waals surface area contributed by atoms with E-state index >= 15 is 0 Å². The van der Waals surface area contributed by atoms with Crippen molar-refractivity contribution >= 4 is 28.9 Å². The number of imidazole rings is 1. The lowest BCUT2D eigenvalue weighted by molar-refractivity contribution is 0.0526. The summed E-state index contributed by atoms with van der Waals surface area (Å²) in [6.45, 7) is 2.58. The van der Waals surface area contributed by atoms with Crippen molar-refractivity contribution in [1.29, 1.82) is 0 Å². The first kappa shape index (κ1) is 16.5. The molecule has 0 fully saturated rings. The molecule has 3 N–H and O–H groups in total. The van der Waals surface area contributed by atoms with Crippen LogP contribution in [-0.4, -0.2) is 33.6 Å². The van der Waals surface area contributed by atoms with E-state index in [1.165, 1.54) is 0 Å². The Morgan fingerprint density at radius 2 is 1.88 bits per heavy atom. The number of aromatic nitrogens is 2. The van der Waals surface area contributed by atoms with Crippen molar-refractivity contribution in [2.24, 2.45) is 0 Å². The fraction of sp³-hybridized carbons (Fsp3) is 0.167. The number of hydrogen-bond donors (Lipinski definition) is 3. The molecule has 1 heterocycles. The zero-order chi connectivity index (χ0) is 17.8.